The van der Waals surface area contributed by atoms with E-state index in [1.165, 1.54) is 10.6 Å². The van der Waals surface area contributed by atoms with Crippen molar-refractivity contribution in [3.8, 4) is 0 Å². The first-order chi connectivity index (χ1) is 14.2. The highest BCUT2D eigenvalue weighted by atomic mass is 32.2. The number of hydrogen-bond acceptors (Lipinski definition) is 7. The van der Waals surface area contributed by atoms with Crippen LogP contribution in [0.15, 0.2) is 93.3 Å². The maximum absolute atomic E-state index is 13.0. The van der Waals surface area contributed by atoms with Crippen molar-refractivity contribution in [2.75, 3.05) is 0 Å². The van der Waals surface area contributed by atoms with E-state index in [1.807, 2.05) is 6.07 Å². The number of rotatable bonds is 5. The molecule has 4 rings (SSSR count). The van der Waals surface area contributed by atoms with E-state index in [0.717, 1.165) is 11.8 Å². The van der Waals surface area contributed by atoms with Crippen LogP contribution in [0.1, 0.15) is 15.9 Å². The number of nitrogens with one attached hydrogen (secondary N) is 1. The molecular formula is C20H14N6O2S. The highest BCUT2D eigenvalue weighted by Crippen LogP contribution is 2.23. The summed E-state index contributed by atoms with van der Waals surface area (Å²) in [5.41, 5.74) is 3.29. The van der Waals surface area contributed by atoms with Crippen LogP contribution in [0, 0.1) is 0 Å². The van der Waals surface area contributed by atoms with Crippen molar-refractivity contribution in [2.24, 2.45) is 5.10 Å². The summed E-state index contributed by atoms with van der Waals surface area (Å²) in [7, 11) is 0. The lowest BCUT2D eigenvalue weighted by Gasteiger charge is -2.07. The van der Waals surface area contributed by atoms with Crippen molar-refractivity contribution in [2.45, 2.75) is 10.2 Å². The Bertz CT molecular complexity index is 1240. The Hall–Kier alpha value is -3.85. The van der Waals surface area contributed by atoms with E-state index in [4.69, 9.17) is 0 Å². The first-order valence-corrected chi connectivity index (χ1v) is 9.39. The summed E-state index contributed by atoms with van der Waals surface area (Å²) in [4.78, 5) is 38.0. The minimum absolute atomic E-state index is 0.222. The van der Waals surface area contributed by atoms with Gasteiger partial charge in [0.1, 0.15) is 10.7 Å². The molecule has 0 saturated heterocycles. The van der Waals surface area contributed by atoms with Crippen molar-refractivity contribution < 1.29 is 4.79 Å². The van der Waals surface area contributed by atoms with Crippen LogP contribution in [0.3, 0.4) is 0 Å². The van der Waals surface area contributed by atoms with Gasteiger partial charge in [0, 0.05) is 24.2 Å². The minimum Gasteiger partial charge on any atom is -0.268 e. The van der Waals surface area contributed by atoms with Gasteiger partial charge in [0.2, 0.25) is 0 Å². The van der Waals surface area contributed by atoms with E-state index in [-0.39, 0.29) is 17.0 Å². The predicted octanol–water partition coefficient (Wildman–Crippen LogP) is 2.40. The SMILES string of the molecule is O=C(N/N=C/c1c(Sc2ncccn2)nc2ccccn2c1=O)c1ccccc1. The lowest BCUT2D eigenvalue weighted by Crippen LogP contribution is -2.23. The number of carbonyl (C=O) groups excluding carboxylic acids is 1. The predicted molar refractivity (Wildman–Crippen MR) is 109 cm³/mol. The number of benzene rings is 1. The van der Waals surface area contributed by atoms with Gasteiger partial charge in [0.05, 0.1) is 11.8 Å². The number of hydrogen-bond donors (Lipinski definition) is 1. The van der Waals surface area contributed by atoms with E-state index in [1.54, 1.807) is 67.1 Å². The average Bonchev–Trinajstić information content (AvgIpc) is 2.77. The first kappa shape index (κ1) is 18.5. The number of carbonyl (C=O) groups is 1. The molecule has 142 valence electrons. The number of hydrazone groups is 1. The fraction of sp³-hybridized carbons (Fsp3) is 0. The van der Waals surface area contributed by atoms with Gasteiger partial charge in [0.15, 0.2) is 5.16 Å². The molecule has 0 bridgehead atoms. The summed E-state index contributed by atoms with van der Waals surface area (Å²) in [5.74, 6) is -0.378. The summed E-state index contributed by atoms with van der Waals surface area (Å²) in [6, 6.07) is 15.6. The fourth-order valence-electron chi connectivity index (χ4n) is 2.50. The molecule has 4 aromatic rings. The Morgan fingerprint density at radius 3 is 2.59 bits per heavy atom. The van der Waals surface area contributed by atoms with Gasteiger partial charge in [-0.1, -0.05) is 24.3 Å². The summed E-state index contributed by atoms with van der Waals surface area (Å²) in [5, 5.41) is 4.80. The Labute approximate surface area is 169 Å². The number of fused-ring (bicyclic) bond motifs is 1. The summed E-state index contributed by atoms with van der Waals surface area (Å²) in [6.45, 7) is 0. The molecule has 0 aliphatic carbocycles. The van der Waals surface area contributed by atoms with Gasteiger partial charge in [-0.25, -0.2) is 20.4 Å². The molecule has 1 amide bonds. The highest BCUT2D eigenvalue weighted by molar-refractivity contribution is 7.99. The molecule has 3 aromatic heterocycles. The molecular weight excluding hydrogens is 388 g/mol. The topological polar surface area (TPSA) is 102 Å². The van der Waals surface area contributed by atoms with Crippen molar-refractivity contribution in [3.05, 3.63) is 94.7 Å². The highest BCUT2D eigenvalue weighted by Gasteiger charge is 2.14. The summed E-state index contributed by atoms with van der Waals surface area (Å²) >= 11 is 1.15. The third-order valence-corrected chi connectivity index (χ3v) is 4.76. The monoisotopic (exact) mass is 402 g/mol. The van der Waals surface area contributed by atoms with Crippen molar-refractivity contribution >= 4 is 29.5 Å². The second-order valence-corrected chi connectivity index (χ2v) is 6.72. The number of amides is 1. The number of nitrogens with zero attached hydrogens (tertiary/aromatic N) is 5. The third kappa shape index (κ3) is 4.19. The maximum atomic E-state index is 13.0. The molecule has 0 aliphatic rings. The van der Waals surface area contributed by atoms with Gasteiger partial charge in [-0.05, 0) is 42.1 Å². The second-order valence-electron chi connectivity index (χ2n) is 5.76. The molecule has 0 fully saturated rings. The first-order valence-electron chi connectivity index (χ1n) is 8.57. The van der Waals surface area contributed by atoms with E-state index < -0.39 is 0 Å². The van der Waals surface area contributed by atoms with E-state index in [9.17, 15) is 9.59 Å². The zero-order chi connectivity index (χ0) is 20.1. The molecule has 0 radical (unpaired) electrons. The molecule has 0 saturated carbocycles. The lowest BCUT2D eigenvalue weighted by molar-refractivity contribution is 0.0955. The third-order valence-electron chi connectivity index (χ3n) is 3.86. The molecule has 0 atom stereocenters. The molecule has 0 spiro atoms. The van der Waals surface area contributed by atoms with Crippen LogP contribution in [0.25, 0.3) is 5.65 Å². The Morgan fingerprint density at radius 1 is 1.03 bits per heavy atom. The van der Waals surface area contributed by atoms with Gasteiger partial charge in [0.25, 0.3) is 11.5 Å². The zero-order valence-corrected chi connectivity index (χ0v) is 15.8. The standard InChI is InChI=1S/C20H14N6O2S/c27-17(14-7-2-1-3-8-14)25-23-13-15-18(29-20-21-10-6-11-22-20)24-16-9-4-5-12-26(16)19(15)28/h1-13H,(H,25,27)/b23-13+. The molecule has 3 heterocycles. The Kier molecular flexibility index (Phi) is 5.39. The van der Waals surface area contributed by atoms with Crippen LogP contribution in [0.2, 0.25) is 0 Å². The second kappa shape index (κ2) is 8.44. The number of aromatic nitrogens is 4. The van der Waals surface area contributed by atoms with Crippen LogP contribution in [0.4, 0.5) is 0 Å². The van der Waals surface area contributed by atoms with Crippen molar-refractivity contribution in [1.82, 2.24) is 24.8 Å². The van der Waals surface area contributed by atoms with E-state index >= 15 is 0 Å². The molecule has 1 N–H and O–H groups in total. The van der Waals surface area contributed by atoms with Gasteiger partial charge in [-0.2, -0.15) is 5.10 Å². The lowest BCUT2D eigenvalue weighted by atomic mass is 10.2. The zero-order valence-electron chi connectivity index (χ0n) is 15.0. The van der Waals surface area contributed by atoms with E-state index in [2.05, 4.69) is 25.5 Å². The quantitative estimate of drug-likeness (QED) is 0.238. The molecule has 29 heavy (non-hydrogen) atoms. The van der Waals surface area contributed by atoms with Crippen LogP contribution in [0.5, 0.6) is 0 Å². The smallest absolute Gasteiger partial charge is 0.268 e. The minimum atomic E-state index is -0.378. The molecule has 0 aliphatic heterocycles. The van der Waals surface area contributed by atoms with Gasteiger partial charge in [-0.3, -0.25) is 14.0 Å². The fourth-order valence-corrected chi connectivity index (χ4v) is 3.29. The average molecular weight is 402 g/mol. The van der Waals surface area contributed by atoms with E-state index in [0.29, 0.717) is 21.4 Å². The summed E-state index contributed by atoms with van der Waals surface area (Å²) in [6.07, 6.45) is 6.13. The van der Waals surface area contributed by atoms with Gasteiger partial charge < -0.3 is 0 Å². The van der Waals surface area contributed by atoms with Crippen molar-refractivity contribution in [3.63, 3.8) is 0 Å². The van der Waals surface area contributed by atoms with Gasteiger partial charge in [-0.15, -0.1) is 0 Å². The normalized spacial score (nSPS) is 11.0. The largest absolute Gasteiger partial charge is 0.271 e. The van der Waals surface area contributed by atoms with Gasteiger partial charge >= 0.3 is 0 Å². The number of pyridine rings is 1. The van der Waals surface area contributed by atoms with Crippen LogP contribution < -0.4 is 11.0 Å². The Balaban J connectivity index is 1.69. The van der Waals surface area contributed by atoms with Crippen molar-refractivity contribution in [1.29, 1.82) is 0 Å². The van der Waals surface area contributed by atoms with Crippen LogP contribution in [-0.2, 0) is 0 Å². The molecule has 1 aromatic carbocycles. The summed E-state index contributed by atoms with van der Waals surface area (Å²) < 4.78 is 1.41. The maximum Gasteiger partial charge on any atom is 0.271 e. The molecule has 0 unspecified atom stereocenters. The van der Waals surface area contributed by atoms with Crippen LogP contribution >= 0.6 is 11.8 Å². The Morgan fingerprint density at radius 2 is 1.79 bits per heavy atom. The molecule has 8 nitrogen and oxygen atoms in total. The molecule has 9 heteroatoms. The van der Waals surface area contributed by atoms with Crippen LogP contribution in [-0.4, -0.2) is 31.5 Å².